The zero-order valence-corrected chi connectivity index (χ0v) is 12.1. The van der Waals surface area contributed by atoms with E-state index in [1.807, 2.05) is 30.3 Å². The Labute approximate surface area is 124 Å². The van der Waals surface area contributed by atoms with Gasteiger partial charge >= 0.3 is 6.01 Å². The Kier molecular flexibility index (Phi) is 4.47. The van der Waals surface area contributed by atoms with Crippen molar-refractivity contribution in [3.05, 3.63) is 36.7 Å². The summed E-state index contributed by atoms with van der Waals surface area (Å²) in [5.41, 5.74) is 0.958. The minimum absolute atomic E-state index is 0.0813. The van der Waals surface area contributed by atoms with Crippen LogP contribution in [0.3, 0.4) is 0 Å². The van der Waals surface area contributed by atoms with Gasteiger partial charge in [0.2, 0.25) is 0 Å². The molecule has 1 aromatic heterocycles. The van der Waals surface area contributed by atoms with E-state index in [1.54, 1.807) is 18.1 Å². The summed E-state index contributed by atoms with van der Waals surface area (Å²) in [6.07, 6.45) is 4.08. The summed E-state index contributed by atoms with van der Waals surface area (Å²) in [4.78, 5) is 4.20. The maximum atomic E-state index is 5.80. The number of ether oxygens (including phenoxy) is 2. The first-order valence-electron chi connectivity index (χ1n) is 7.21. The van der Waals surface area contributed by atoms with Gasteiger partial charge in [0.15, 0.2) is 0 Å². The van der Waals surface area contributed by atoms with Gasteiger partial charge in [-0.1, -0.05) is 18.2 Å². The zero-order chi connectivity index (χ0) is 14.5. The number of rotatable bonds is 8. The predicted octanol–water partition coefficient (Wildman–Crippen LogP) is 1.41. The van der Waals surface area contributed by atoms with E-state index in [0.29, 0.717) is 18.7 Å². The number of nitrogens with one attached hydrogen (secondary N) is 1. The Hall–Kier alpha value is -1.92. The van der Waals surface area contributed by atoms with Crippen LogP contribution in [0.4, 0.5) is 0 Å². The van der Waals surface area contributed by atoms with Gasteiger partial charge in [0.25, 0.3) is 0 Å². The molecule has 1 unspecified atom stereocenters. The summed E-state index contributed by atoms with van der Waals surface area (Å²) in [5.74, 6) is 0. The van der Waals surface area contributed by atoms with Gasteiger partial charge in [0, 0.05) is 19.7 Å². The van der Waals surface area contributed by atoms with E-state index < -0.39 is 0 Å². The molecule has 1 fully saturated rings. The third kappa shape index (κ3) is 4.03. The summed E-state index contributed by atoms with van der Waals surface area (Å²) < 4.78 is 12.7. The molecule has 1 aliphatic carbocycles. The van der Waals surface area contributed by atoms with Crippen molar-refractivity contribution >= 4 is 0 Å². The van der Waals surface area contributed by atoms with Crippen LogP contribution in [0.2, 0.25) is 0 Å². The van der Waals surface area contributed by atoms with Gasteiger partial charge < -0.3 is 14.8 Å². The van der Waals surface area contributed by atoms with Crippen molar-refractivity contribution in [2.75, 3.05) is 20.3 Å². The Morgan fingerprint density at radius 3 is 2.86 bits per heavy atom. The zero-order valence-electron chi connectivity index (χ0n) is 12.1. The van der Waals surface area contributed by atoms with Crippen molar-refractivity contribution < 1.29 is 9.47 Å². The molecule has 112 valence electrons. The van der Waals surface area contributed by atoms with Crippen LogP contribution < -0.4 is 10.1 Å². The molecule has 1 aromatic carbocycles. The molecule has 0 spiro atoms. The first kappa shape index (κ1) is 14.0. The lowest BCUT2D eigenvalue weighted by molar-refractivity contribution is 0.0740. The smallest absolute Gasteiger partial charge is 0.336 e. The molecule has 3 rings (SSSR count). The number of benzene rings is 1. The summed E-state index contributed by atoms with van der Waals surface area (Å²) in [6, 6.07) is 10.9. The van der Waals surface area contributed by atoms with Crippen molar-refractivity contribution in [3.8, 4) is 11.7 Å². The molecule has 0 radical (unpaired) electrons. The van der Waals surface area contributed by atoms with Gasteiger partial charge in [-0.3, -0.25) is 0 Å². The van der Waals surface area contributed by atoms with Gasteiger partial charge in [-0.2, -0.15) is 4.98 Å². The van der Waals surface area contributed by atoms with Crippen molar-refractivity contribution in [1.29, 1.82) is 0 Å². The second kappa shape index (κ2) is 6.69. The Morgan fingerprint density at radius 2 is 2.14 bits per heavy atom. The molecule has 0 saturated heterocycles. The number of nitrogens with zero attached hydrogens (tertiary/aromatic N) is 3. The quantitative estimate of drug-likeness (QED) is 0.796. The van der Waals surface area contributed by atoms with Crippen molar-refractivity contribution in [2.45, 2.75) is 25.0 Å². The van der Waals surface area contributed by atoms with Crippen LogP contribution in [0.25, 0.3) is 5.69 Å². The van der Waals surface area contributed by atoms with E-state index in [1.165, 1.54) is 12.8 Å². The molecule has 0 aliphatic heterocycles. The minimum Gasteiger partial charge on any atom is -0.455 e. The Balaban J connectivity index is 1.61. The molecule has 2 aromatic rings. The first-order chi connectivity index (χ1) is 10.3. The van der Waals surface area contributed by atoms with Gasteiger partial charge in [0.1, 0.15) is 12.4 Å². The third-order valence-electron chi connectivity index (χ3n) is 3.33. The lowest BCUT2D eigenvalue weighted by Gasteiger charge is -2.16. The fourth-order valence-electron chi connectivity index (χ4n) is 2.06. The number of hydrogen-bond donors (Lipinski definition) is 1. The summed E-state index contributed by atoms with van der Waals surface area (Å²) in [6.45, 7) is 1.26. The average molecular weight is 288 g/mol. The molecule has 1 saturated carbocycles. The monoisotopic (exact) mass is 288 g/mol. The van der Waals surface area contributed by atoms with Crippen LogP contribution in [-0.2, 0) is 4.74 Å². The molecule has 1 aliphatic rings. The van der Waals surface area contributed by atoms with Gasteiger partial charge in [0.05, 0.1) is 12.3 Å². The fourth-order valence-corrected chi connectivity index (χ4v) is 2.06. The van der Waals surface area contributed by atoms with Gasteiger partial charge in [-0.05, 0) is 25.0 Å². The maximum absolute atomic E-state index is 5.80. The predicted molar refractivity (Wildman–Crippen MR) is 78.7 cm³/mol. The highest BCUT2D eigenvalue weighted by molar-refractivity contribution is 5.29. The maximum Gasteiger partial charge on any atom is 0.336 e. The van der Waals surface area contributed by atoms with Gasteiger partial charge in [-0.25, -0.2) is 4.68 Å². The standard InChI is InChI=1S/C15H20N4O2/c1-20-10-14(9-16-12-7-8-12)21-15-17-11-19(18-15)13-5-3-2-4-6-13/h2-6,11-12,14,16H,7-10H2,1H3. The average Bonchev–Trinajstić information content (AvgIpc) is 3.23. The van der Waals surface area contributed by atoms with Crippen LogP contribution in [-0.4, -0.2) is 47.2 Å². The van der Waals surface area contributed by atoms with Crippen LogP contribution in [0, 0.1) is 0 Å². The molecule has 1 atom stereocenters. The first-order valence-corrected chi connectivity index (χ1v) is 7.21. The van der Waals surface area contributed by atoms with E-state index in [9.17, 15) is 0 Å². The molecule has 0 amide bonds. The van der Waals surface area contributed by atoms with Crippen molar-refractivity contribution in [3.63, 3.8) is 0 Å². The van der Waals surface area contributed by atoms with E-state index >= 15 is 0 Å². The summed E-state index contributed by atoms with van der Waals surface area (Å²) in [5, 5.41) is 7.78. The molecule has 1 heterocycles. The van der Waals surface area contributed by atoms with Gasteiger partial charge in [-0.15, -0.1) is 5.10 Å². The number of hydrogen-bond acceptors (Lipinski definition) is 5. The van der Waals surface area contributed by atoms with Crippen LogP contribution >= 0.6 is 0 Å². The molecular weight excluding hydrogens is 268 g/mol. The minimum atomic E-state index is -0.0813. The Morgan fingerprint density at radius 1 is 1.33 bits per heavy atom. The molecule has 1 N–H and O–H groups in total. The van der Waals surface area contributed by atoms with E-state index in [0.717, 1.165) is 12.2 Å². The summed E-state index contributed by atoms with van der Waals surface area (Å²) in [7, 11) is 1.67. The second-order valence-corrected chi connectivity index (χ2v) is 5.18. The normalized spacial score (nSPS) is 15.9. The number of methoxy groups -OCH3 is 1. The molecule has 6 nitrogen and oxygen atoms in total. The van der Waals surface area contributed by atoms with E-state index in [-0.39, 0.29) is 6.10 Å². The highest BCUT2D eigenvalue weighted by atomic mass is 16.5. The van der Waals surface area contributed by atoms with Crippen molar-refractivity contribution in [2.24, 2.45) is 0 Å². The molecular formula is C15H20N4O2. The molecule has 6 heteroatoms. The largest absolute Gasteiger partial charge is 0.455 e. The fraction of sp³-hybridized carbons (Fsp3) is 0.467. The Bertz CT molecular complexity index is 554. The number of para-hydroxylation sites is 1. The lowest BCUT2D eigenvalue weighted by atomic mass is 10.3. The highest BCUT2D eigenvalue weighted by Crippen LogP contribution is 2.18. The topological polar surface area (TPSA) is 61.2 Å². The van der Waals surface area contributed by atoms with E-state index in [4.69, 9.17) is 9.47 Å². The van der Waals surface area contributed by atoms with Crippen LogP contribution in [0.5, 0.6) is 6.01 Å². The lowest BCUT2D eigenvalue weighted by Crippen LogP contribution is -2.36. The van der Waals surface area contributed by atoms with Crippen LogP contribution in [0.1, 0.15) is 12.8 Å². The third-order valence-corrected chi connectivity index (χ3v) is 3.33. The SMILES string of the molecule is COCC(CNC1CC1)Oc1ncn(-c2ccccc2)n1. The highest BCUT2D eigenvalue weighted by Gasteiger charge is 2.23. The summed E-state index contributed by atoms with van der Waals surface area (Å²) >= 11 is 0. The van der Waals surface area contributed by atoms with E-state index in [2.05, 4.69) is 15.4 Å². The van der Waals surface area contributed by atoms with Crippen molar-refractivity contribution in [1.82, 2.24) is 20.1 Å². The molecule has 21 heavy (non-hydrogen) atoms. The van der Waals surface area contributed by atoms with Crippen LogP contribution in [0.15, 0.2) is 36.7 Å². The molecule has 0 bridgehead atoms. The number of aromatic nitrogens is 3. The second-order valence-electron chi connectivity index (χ2n) is 5.18.